The number of benzene rings is 2. The normalized spacial score (nSPS) is 11.1. The fraction of sp³-hybridized carbons (Fsp3) is 0.176. The number of aromatic nitrogens is 1. The number of amides is 1. The molecule has 0 aliphatic rings. The van der Waals surface area contributed by atoms with Crippen LogP contribution in [-0.2, 0) is 0 Å². The molecule has 1 heterocycles. The molecule has 0 spiro atoms. The molecule has 3 aromatic rings. The summed E-state index contributed by atoms with van der Waals surface area (Å²) < 4.78 is 0.888. The molecule has 3 rings (SSSR count). The fourth-order valence-electron chi connectivity index (χ4n) is 2.19. The maximum Gasteiger partial charge on any atom is 0.255 e. The van der Waals surface area contributed by atoms with E-state index in [1.807, 2.05) is 30.3 Å². The van der Waals surface area contributed by atoms with Crippen LogP contribution in [0.1, 0.15) is 24.2 Å². The molecule has 0 radical (unpaired) electrons. The first kappa shape index (κ1) is 16.3. The highest BCUT2D eigenvalue weighted by Gasteiger charge is 2.12. The zero-order valence-corrected chi connectivity index (χ0v) is 15.1. The maximum absolute atomic E-state index is 12.5. The summed E-state index contributed by atoms with van der Waals surface area (Å²) in [6.07, 6.45) is 0. The number of nitrogens with one attached hydrogen (secondary N) is 1. The average Bonchev–Trinajstić information content (AvgIpc) is 3.00. The van der Waals surface area contributed by atoms with Crippen LogP contribution in [0.15, 0.2) is 46.8 Å². The van der Waals surface area contributed by atoms with Crippen molar-refractivity contribution in [3.8, 4) is 0 Å². The quantitative estimate of drug-likeness (QED) is 0.605. The van der Waals surface area contributed by atoms with E-state index in [-0.39, 0.29) is 5.91 Å². The summed E-state index contributed by atoms with van der Waals surface area (Å²) in [6, 6.07) is 11.2. The third-order valence-electron chi connectivity index (χ3n) is 3.15. The molecule has 118 valence electrons. The number of nitrogens with zero attached hydrogens (tertiary/aromatic N) is 1. The molecule has 0 saturated carbocycles. The van der Waals surface area contributed by atoms with Gasteiger partial charge in [0.15, 0.2) is 0 Å². The first-order valence-corrected chi connectivity index (χ1v) is 9.28. The first-order chi connectivity index (χ1) is 11.0. The molecule has 0 atom stereocenters. The Labute approximate surface area is 148 Å². The molecule has 6 heteroatoms. The summed E-state index contributed by atoms with van der Waals surface area (Å²) in [7, 11) is 0. The highest BCUT2D eigenvalue weighted by Crippen LogP contribution is 2.32. The third kappa shape index (κ3) is 3.68. The largest absolute Gasteiger partial charge is 0.321 e. The number of carbonyl (C=O) groups excluding carboxylic acids is 1. The van der Waals surface area contributed by atoms with E-state index >= 15 is 0 Å². The van der Waals surface area contributed by atoms with Crippen LogP contribution < -0.4 is 5.32 Å². The topological polar surface area (TPSA) is 42.0 Å². The number of anilines is 1. The van der Waals surface area contributed by atoms with Gasteiger partial charge in [0.1, 0.15) is 5.52 Å². The van der Waals surface area contributed by atoms with Gasteiger partial charge in [0.05, 0.1) is 20.9 Å². The highest BCUT2D eigenvalue weighted by molar-refractivity contribution is 7.99. The molecule has 1 amide bonds. The number of halogens is 1. The molecular formula is C17H15ClN2OS2. The average molecular weight is 363 g/mol. The number of hydrogen-bond donors (Lipinski definition) is 1. The van der Waals surface area contributed by atoms with Crippen LogP contribution in [0.25, 0.3) is 10.2 Å². The predicted molar refractivity (Wildman–Crippen MR) is 100 cm³/mol. The standard InChI is InChI=1S/C17H15ClN2OS2/c1-10(2)23-12-5-3-4-11(8-12)17(21)20-14-7-6-13(18)15-16(14)22-9-19-15/h3-10H,1-2H3,(H,20,21). The van der Waals surface area contributed by atoms with Crippen molar-refractivity contribution in [1.82, 2.24) is 4.98 Å². The third-order valence-corrected chi connectivity index (χ3v) is 5.31. The number of thiazole rings is 1. The minimum Gasteiger partial charge on any atom is -0.321 e. The van der Waals surface area contributed by atoms with Crippen molar-refractivity contribution in [2.75, 3.05) is 5.32 Å². The highest BCUT2D eigenvalue weighted by atomic mass is 35.5. The van der Waals surface area contributed by atoms with Gasteiger partial charge in [-0.1, -0.05) is 31.5 Å². The second-order valence-corrected chi connectivity index (χ2v) is 8.19. The van der Waals surface area contributed by atoms with Gasteiger partial charge in [-0.05, 0) is 30.3 Å². The summed E-state index contributed by atoms with van der Waals surface area (Å²) in [4.78, 5) is 17.9. The molecule has 0 saturated heterocycles. The molecule has 23 heavy (non-hydrogen) atoms. The van der Waals surface area contributed by atoms with Crippen molar-refractivity contribution in [3.05, 3.63) is 52.5 Å². The van der Waals surface area contributed by atoms with E-state index in [0.29, 0.717) is 15.8 Å². The Morgan fingerprint density at radius 2 is 2.13 bits per heavy atom. The lowest BCUT2D eigenvalue weighted by Gasteiger charge is -2.09. The van der Waals surface area contributed by atoms with E-state index in [0.717, 1.165) is 20.8 Å². The van der Waals surface area contributed by atoms with E-state index in [1.165, 1.54) is 11.3 Å². The lowest BCUT2D eigenvalue weighted by atomic mass is 10.2. The van der Waals surface area contributed by atoms with Crippen LogP contribution >= 0.6 is 34.7 Å². The Morgan fingerprint density at radius 3 is 2.91 bits per heavy atom. The second kappa shape index (κ2) is 6.91. The SMILES string of the molecule is CC(C)Sc1cccc(C(=O)Nc2ccc(Cl)c3ncsc23)c1. The van der Waals surface area contributed by atoms with Crippen LogP contribution in [0.3, 0.4) is 0 Å². The van der Waals surface area contributed by atoms with Gasteiger partial charge in [-0.25, -0.2) is 4.98 Å². The van der Waals surface area contributed by atoms with Gasteiger partial charge in [0.2, 0.25) is 0 Å². The fourth-order valence-corrected chi connectivity index (χ4v) is 4.14. The molecule has 1 aromatic heterocycles. The molecule has 1 N–H and O–H groups in total. The molecule has 0 unspecified atom stereocenters. The number of rotatable bonds is 4. The van der Waals surface area contributed by atoms with E-state index in [4.69, 9.17) is 11.6 Å². The molecule has 0 aliphatic heterocycles. The van der Waals surface area contributed by atoms with Gasteiger partial charge < -0.3 is 5.32 Å². The van der Waals surface area contributed by atoms with Crippen molar-refractivity contribution < 1.29 is 4.79 Å². The molecule has 3 nitrogen and oxygen atoms in total. The summed E-state index contributed by atoms with van der Waals surface area (Å²) in [5.41, 5.74) is 3.83. The van der Waals surface area contributed by atoms with Gasteiger partial charge in [-0.15, -0.1) is 23.1 Å². The van der Waals surface area contributed by atoms with Crippen molar-refractivity contribution in [2.24, 2.45) is 0 Å². The van der Waals surface area contributed by atoms with Crippen LogP contribution in [0.5, 0.6) is 0 Å². The van der Waals surface area contributed by atoms with Gasteiger partial charge in [-0.3, -0.25) is 4.79 Å². The van der Waals surface area contributed by atoms with Gasteiger partial charge >= 0.3 is 0 Å². The van der Waals surface area contributed by atoms with Crippen molar-refractivity contribution in [2.45, 2.75) is 24.0 Å². The Balaban J connectivity index is 1.86. The van der Waals surface area contributed by atoms with Gasteiger partial charge in [0.25, 0.3) is 5.91 Å². The van der Waals surface area contributed by atoms with E-state index in [9.17, 15) is 4.79 Å². The van der Waals surface area contributed by atoms with Crippen LogP contribution in [0, 0.1) is 0 Å². The van der Waals surface area contributed by atoms with E-state index < -0.39 is 0 Å². The van der Waals surface area contributed by atoms with Gasteiger partial charge in [0, 0.05) is 15.7 Å². The summed E-state index contributed by atoms with van der Waals surface area (Å²) in [5, 5.41) is 4.02. The zero-order valence-electron chi connectivity index (χ0n) is 12.7. The second-order valence-electron chi connectivity index (χ2n) is 5.27. The Bertz CT molecular complexity index is 861. The van der Waals surface area contributed by atoms with Crippen LogP contribution in [0.2, 0.25) is 5.02 Å². The summed E-state index contributed by atoms with van der Waals surface area (Å²) in [6.45, 7) is 4.26. The summed E-state index contributed by atoms with van der Waals surface area (Å²) in [5.74, 6) is -0.131. The number of fused-ring (bicyclic) bond motifs is 1. The van der Waals surface area contributed by atoms with Crippen molar-refractivity contribution in [3.63, 3.8) is 0 Å². The number of carbonyl (C=O) groups is 1. The Morgan fingerprint density at radius 1 is 1.30 bits per heavy atom. The number of thioether (sulfide) groups is 1. The Kier molecular flexibility index (Phi) is 4.90. The minimum atomic E-state index is -0.131. The number of hydrogen-bond acceptors (Lipinski definition) is 4. The Hall–Kier alpha value is -1.56. The maximum atomic E-state index is 12.5. The molecule has 0 fully saturated rings. The zero-order chi connectivity index (χ0) is 16.4. The van der Waals surface area contributed by atoms with E-state index in [2.05, 4.69) is 24.1 Å². The first-order valence-electron chi connectivity index (χ1n) is 7.14. The minimum absolute atomic E-state index is 0.131. The molecule has 2 aromatic carbocycles. The lowest BCUT2D eigenvalue weighted by molar-refractivity contribution is 0.102. The molecule has 0 bridgehead atoms. The van der Waals surface area contributed by atoms with Crippen LogP contribution in [-0.4, -0.2) is 16.1 Å². The van der Waals surface area contributed by atoms with Crippen molar-refractivity contribution >= 4 is 56.5 Å². The van der Waals surface area contributed by atoms with Crippen LogP contribution in [0.4, 0.5) is 5.69 Å². The van der Waals surface area contributed by atoms with Gasteiger partial charge in [-0.2, -0.15) is 0 Å². The molecule has 0 aliphatic carbocycles. The van der Waals surface area contributed by atoms with Crippen molar-refractivity contribution in [1.29, 1.82) is 0 Å². The smallest absolute Gasteiger partial charge is 0.255 e. The lowest BCUT2D eigenvalue weighted by Crippen LogP contribution is -2.12. The molecular weight excluding hydrogens is 348 g/mol. The predicted octanol–water partition coefficient (Wildman–Crippen LogP) is 5.70. The van der Waals surface area contributed by atoms with E-state index in [1.54, 1.807) is 23.3 Å². The monoisotopic (exact) mass is 362 g/mol. The summed E-state index contributed by atoms with van der Waals surface area (Å²) >= 11 is 9.32.